The fraction of sp³-hybridized carbons (Fsp3) is 0.333. The maximum Gasteiger partial charge on any atom is 0.221 e. The molecule has 4 N–H and O–H groups in total. The van der Waals surface area contributed by atoms with E-state index in [-0.39, 0.29) is 5.11 Å². The molecule has 0 bridgehead atoms. The van der Waals surface area contributed by atoms with Crippen molar-refractivity contribution in [2.24, 2.45) is 5.73 Å². The van der Waals surface area contributed by atoms with Crippen molar-refractivity contribution in [3.8, 4) is 0 Å². The van der Waals surface area contributed by atoms with Crippen LogP contribution >= 0.6 is 12.2 Å². The molecule has 0 heterocycles. The fourth-order valence-electron chi connectivity index (χ4n) is 1.56. The minimum Gasteiger partial charge on any atom is -0.372 e. The van der Waals surface area contributed by atoms with E-state index in [0.717, 1.165) is 18.7 Å². The molecule has 0 aromatic heterocycles. The zero-order chi connectivity index (χ0) is 12.7. The van der Waals surface area contributed by atoms with Crippen molar-refractivity contribution in [3.05, 3.63) is 29.8 Å². The molecule has 0 spiro atoms. The Morgan fingerprint density at radius 3 is 2.41 bits per heavy atom. The van der Waals surface area contributed by atoms with E-state index < -0.39 is 0 Å². The third kappa shape index (κ3) is 4.40. The number of hydrazine groups is 1. The van der Waals surface area contributed by atoms with Crippen LogP contribution < -0.4 is 21.2 Å². The molecule has 17 heavy (non-hydrogen) atoms. The number of rotatable bonds is 5. The van der Waals surface area contributed by atoms with Gasteiger partial charge in [0.05, 0.1) is 0 Å². The molecular weight excluding hydrogens is 232 g/mol. The van der Waals surface area contributed by atoms with Gasteiger partial charge in [0.2, 0.25) is 5.11 Å². The quantitative estimate of drug-likeness (QED) is 0.385. The Balaban J connectivity index is 2.67. The van der Waals surface area contributed by atoms with E-state index in [1.807, 2.05) is 18.3 Å². The molecule has 0 aliphatic rings. The van der Waals surface area contributed by atoms with Crippen molar-refractivity contribution >= 4 is 29.2 Å². The lowest BCUT2D eigenvalue weighted by Crippen LogP contribution is -2.82. The summed E-state index contributed by atoms with van der Waals surface area (Å²) in [5.41, 5.74) is 10.2. The monoisotopic (exact) mass is 251 g/mol. The van der Waals surface area contributed by atoms with Gasteiger partial charge in [-0.2, -0.15) is 0 Å². The van der Waals surface area contributed by atoms with Gasteiger partial charge < -0.3 is 10.6 Å². The summed E-state index contributed by atoms with van der Waals surface area (Å²) in [6, 6.07) is 8.28. The molecule has 5 heteroatoms. The molecule has 0 amide bonds. The predicted octanol–water partition coefficient (Wildman–Crippen LogP) is -0.219. The molecule has 0 radical (unpaired) electrons. The number of hydrogen-bond acceptors (Lipinski definition) is 2. The highest BCUT2D eigenvalue weighted by atomic mass is 32.1. The molecule has 0 aliphatic carbocycles. The number of anilines is 1. The second-order valence-electron chi connectivity index (χ2n) is 3.54. The second kappa shape index (κ2) is 6.85. The largest absolute Gasteiger partial charge is 0.372 e. The Hall–Kier alpha value is -1.62. The Morgan fingerprint density at radius 2 is 1.94 bits per heavy atom. The maximum atomic E-state index is 5.29. The molecule has 0 saturated carbocycles. The number of nitrogens with zero attached hydrogens (tertiary/aromatic N) is 1. The zero-order valence-electron chi connectivity index (χ0n) is 10.2. The van der Waals surface area contributed by atoms with Crippen LogP contribution in [0.3, 0.4) is 0 Å². The highest BCUT2D eigenvalue weighted by Gasteiger charge is 2.01. The van der Waals surface area contributed by atoms with E-state index in [9.17, 15) is 0 Å². The highest BCUT2D eigenvalue weighted by molar-refractivity contribution is 7.80. The van der Waals surface area contributed by atoms with Gasteiger partial charge in [-0.3, -0.25) is 0 Å². The summed E-state index contributed by atoms with van der Waals surface area (Å²) in [5.74, 6) is 0. The number of thiocarbonyl (C=S) groups is 1. The van der Waals surface area contributed by atoms with Crippen molar-refractivity contribution in [1.29, 1.82) is 0 Å². The van der Waals surface area contributed by atoms with Gasteiger partial charge in [0.25, 0.3) is 0 Å². The summed E-state index contributed by atoms with van der Waals surface area (Å²) in [6.45, 7) is 6.33. The van der Waals surface area contributed by atoms with Crippen LogP contribution in [-0.4, -0.2) is 24.4 Å². The molecule has 0 unspecified atom stereocenters. The van der Waals surface area contributed by atoms with Crippen LogP contribution in [0.1, 0.15) is 19.4 Å². The summed E-state index contributed by atoms with van der Waals surface area (Å²) in [6.07, 6.45) is 1.81. The predicted molar refractivity (Wildman–Crippen MR) is 76.1 cm³/mol. The Kier molecular flexibility index (Phi) is 5.42. The van der Waals surface area contributed by atoms with E-state index in [1.165, 1.54) is 5.69 Å². The lowest BCUT2D eigenvalue weighted by Gasteiger charge is -2.20. The van der Waals surface area contributed by atoms with Crippen LogP contribution in [0.2, 0.25) is 0 Å². The molecule has 1 aromatic rings. The number of nitrogens with one attached hydrogen (secondary N) is 2. The van der Waals surface area contributed by atoms with Gasteiger partial charge in [0, 0.05) is 24.3 Å². The number of nitrogens with two attached hydrogens (primary N) is 1. The first-order valence-electron chi connectivity index (χ1n) is 5.66. The molecule has 0 atom stereocenters. The van der Waals surface area contributed by atoms with Gasteiger partial charge in [-0.05, 0) is 50.3 Å². The molecular formula is C12H19N4S+. The van der Waals surface area contributed by atoms with Gasteiger partial charge in [-0.25, -0.2) is 0 Å². The number of hydrogen-bond donors (Lipinski definition) is 3. The fourth-order valence-corrected chi connectivity index (χ4v) is 1.62. The summed E-state index contributed by atoms with van der Waals surface area (Å²) in [4.78, 5) is 2.30. The first-order chi connectivity index (χ1) is 8.17. The van der Waals surface area contributed by atoms with Crippen LogP contribution in [0.5, 0.6) is 0 Å². The van der Waals surface area contributed by atoms with E-state index in [2.05, 4.69) is 53.6 Å². The topological polar surface area (TPSA) is 55.3 Å². The number of benzene rings is 1. The van der Waals surface area contributed by atoms with Crippen molar-refractivity contribution in [2.45, 2.75) is 13.8 Å². The first kappa shape index (κ1) is 13.4. The van der Waals surface area contributed by atoms with E-state index >= 15 is 0 Å². The average molecular weight is 251 g/mol. The van der Waals surface area contributed by atoms with Crippen molar-refractivity contribution in [2.75, 3.05) is 18.0 Å². The first-order valence-corrected chi connectivity index (χ1v) is 6.07. The second-order valence-corrected chi connectivity index (χ2v) is 3.98. The van der Waals surface area contributed by atoms with Gasteiger partial charge in [0.1, 0.15) is 0 Å². The molecule has 0 saturated heterocycles. The van der Waals surface area contributed by atoms with E-state index in [0.29, 0.717) is 0 Å². The van der Waals surface area contributed by atoms with Crippen molar-refractivity contribution < 1.29 is 5.10 Å². The minimum atomic E-state index is 0.223. The average Bonchev–Trinajstić information content (AvgIpc) is 2.32. The zero-order valence-corrected chi connectivity index (χ0v) is 11.1. The summed E-state index contributed by atoms with van der Waals surface area (Å²) in [7, 11) is 0. The van der Waals surface area contributed by atoms with Crippen LogP contribution in [0.4, 0.5) is 5.69 Å². The smallest absolute Gasteiger partial charge is 0.221 e. The maximum absolute atomic E-state index is 5.29. The molecule has 0 fully saturated rings. The van der Waals surface area contributed by atoms with Crippen LogP contribution in [0.15, 0.2) is 24.3 Å². The Labute approximate surface area is 107 Å². The molecule has 92 valence electrons. The van der Waals surface area contributed by atoms with Gasteiger partial charge in [-0.15, -0.1) is 10.5 Å². The van der Waals surface area contributed by atoms with Gasteiger partial charge >= 0.3 is 0 Å². The van der Waals surface area contributed by atoms with Crippen LogP contribution in [0, 0.1) is 0 Å². The standard InChI is InChI=1S/C12H18N4S/c1-3-16(4-2)11-7-5-10(6-8-11)9-14-15-12(13)17/h5-9H,3-4H2,1-2H3,(H3,13,15,17)/p+1. The van der Waals surface area contributed by atoms with E-state index in [4.69, 9.17) is 5.73 Å². The van der Waals surface area contributed by atoms with E-state index in [1.54, 1.807) is 0 Å². The lowest BCUT2D eigenvalue weighted by atomic mass is 10.2. The van der Waals surface area contributed by atoms with Gasteiger partial charge in [-0.1, -0.05) is 0 Å². The van der Waals surface area contributed by atoms with Crippen molar-refractivity contribution in [3.63, 3.8) is 0 Å². The van der Waals surface area contributed by atoms with Crippen molar-refractivity contribution in [1.82, 2.24) is 5.43 Å². The highest BCUT2D eigenvalue weighted by Crippen LogP contribution is 2.13. The molecule has 1 rings (SSSR count). The molecule has 1 aromatic carbocycles. The van der Waals surface area contributed by atoms with Crippen LogP contribution in [0.25, 0.3) is 0 Å². The molecule has 4 nitrogen and oxygen atoms in total. The summed E-state index contributed by atoms with van der Waals surface area (Å²) in [5, 5.41) is 3.05. The lowest BCUT2D eigenvalue weighted by molar-refractivity contribution is -0.499. The van der Waals surface area contributed by atoms with Crippen LogP contribution in [-0.2, 0) is 0 Å². The summed E-state index contributed by atoms with van der Waals surface area (Å²) >= 11 is 4.67. The third-order valence-corrected chi connectivity index (χ3v) is 2.56. The Bertz CT molecular complexity index is 382. The normalized spacial score (nSPS) is 10.5. The Morgan fingerprint density at radius 1 is 1.35 bits per heavy atom. The third-order valence-electron chi connectivity index (χ3n) is 2.46. The molecule has 0 aliphatic heterocycles. The number of hydrazone groups is 1. The minimum absolute atomic E-state index is 0.223. The summed E-state index contributed by atoms with van der Waals surface area (Å²) < 4.78 is 0. The van der Waals surface area contributed by atoms with Gasteiger partial charge in [0.15, 0.2) is 6.21 Å². The SMILES string of the molecule is CCN(CC)c1ccc(C=[NH+]NC(N)=S)cc1.